The van der Waals surface area contributed by atoms with Crippen LogP contribution in [0.25, 0.3) is 5.52 Å². The number of nitrogens with one attached hydrogen (secondary N) is 1. The number of benzene rings is 1. The van der Waals surface area contributed by atoms with Crippen LogP contribution in [0, 0.1) is 11.3 Å². The third-order valence-corrected chi connectivity index (χ3v) is 7.59. The number of rotatable bonds is 10. The van der Waals surface area contributed by atoms with Gasteiger partial charge in [-0.2, -0.15) is 15.4 Å². The number of aliphatic hydroxyl groups excluding tert-OH is 1. The molecule has 4 rings (SSSR count). The quantitative estimate of drug-likeness (QED) is 0.206. The van der Waals surface area contributed by atoms with E-state index in [9.17, 15) is 24.8 Å². The van der Waals surface area contributed by atoms with Gasteiger partial charge in [0.15, 0.2) is 11.4 Å². The van der Waals surface area contributed by atoms with Gasteiger partial charge in [-0.05, 0) is 38.1 Å². The van der Waals surface area contributed by atoms with Gasteiger partial charge in [0.25, 0.3) is 0 Å². The van der Waals surface area contributed by atoms with Crippen molar-refractivity contribution in [1.82, 2.24) is 19.7 Å². The Labute approximate surface area is 217 Å². The zero-order chi connectivity index (χ0) is 27.6. The first kappa shape index (κ1) is 27.5. The molecule has 2 aromatic heterocycles. The normalized spacial score (nSPS) is 25.4. The summed E-state index contributed by atoms with van der Waals surface area (Å²) >= 11 is 0. The molecule has 5 N–H and O–H groups in total. The molecule has 0 radical (unpaired) electrons. The van der Waals surface area contributed by atoms with Gasteiger partial charge in [-0.15, -0.1) is 0 Å². The second-order valence-electron chi connectivity index (χ2n) is 8.56. The maximum atomic E-state index is 13.7. The van der Waals surface area contributed by atoms with Crippen LogP contribution in [0.2, 0.25) is 0 Å². The Kier molecular flexibility index (Phi) is 7.70. The summed E-state index contributed by atoms with van der Waals surface area (Å²) in [4.78, 5) is 16.0. The van der Waals surface area contributed by atoms with E-state index in [1.807, 2.05) is 6.07 Å². The standard InChI is InChI=1S/C23H27N6O8P/c1-3-34-20(30)15(2)28-38(33,37-16-7-5-4-6-8-16)36-12-22(11-24)21(31)23(32,13-35-22)18-10-9-17-19(25)26-14-27-29(17)18/h4-10,14-15,21,31-32H,3,12-13H2,1-2H3,(H,28,33)(H2,25,26,27)/t15-,21+,22+,23+,38?/m0/s1. The van der Waals surface area contributed by atoms with Gasteiger partial charge in [0.2, 0.25) is 5.60 Å². The van der Waals surface area contributed by atoms with Crippen LogP contribution in [0.5, 0.6) is 5.75 Å². The fourth-order valence-electron chi connectivity index (χ4n) is 3.97. The SMILES string of the molecule is CCOC(=O)[C@H](C)NP(=O)(OC[C@@]1(C#N)OC[C@@](O)(c2ccc3c(N)ncnn23)[C@@H]1O)Oc1ccccc1. The van der Waals surface area contributed by atoms with Crippen molar-refractivity contribution in [3.63, 3.8) is 0 Å². The number of nitriles is 1. The number of nitrogen functional groups attached to an aromatic ring is 1. The highest BCUT2D eigenvalue weighted by molar-refractivity contribution is 7.52. The van der Waals surface area contributed by atoms with Crippen LogP contribution in [0.15, 0.2) is 48.8 Å². The van der Waals surface area contributed by atoms with Gasteiger partial charge in [-0.3, -0.25) is 9.32 Å². The van der Waals surface area contributed by atoms with Crippen LogP contribution in [0.3, 0.4) is 0 Å². The van der Waals surface area contributed by atoms with Crippen molar-refractivity contribution in [2.45, 2.75) is 37.2 Å². The molecule has 0 bridgehead atoms. The maximum Gasteiger partial charge on any atom is 0.459 e. The zero-order valence-corrected chi connectivity index (χ0v) is 21.4. The Hall–Kier alpha value is -3.57. The Morgan fingerprint density at radius 1 is 1.39 bits per heavy atom. The minimum atomic E-state index is -4.37. The van der Waals surface area contributed by atoms with Gasteiger partial charge in [-0.25, -0.2) is 14.1 Å². The van der Waals surface area contributed by atoms with Gasteiger partial charge in [0.05, 0.1) is 18.9 Å². The van der Waals surface area contributed by atoms with Crippen molar-refractivity contribution in [2.24, 2.45) is 0 Å². The van der Waals surface area contributed by atoms with Crippen LogP contribution in [-0.2, 0) is 29.0 Å². The summed E-state index contributed by atoms with van der Waals surface area (Å²) in [7, 11) is -4.37. The lowest BCUT2D eigenvalue weighted by molar-refractivity contribution is -0.144. The number of hydrogen-bond acceptors (Lipinski definition) is 12. The number of aliphatic hydroxyl groups is 2. The average molecular weight is 546 g/mol. The second kappa shape index (κ2) is 10.7. The van der Waals surface area contributed by atoms with Crippen molar-refractivity contribution in [3.8, 4) is 11.8 Å². The molecule has 3 heterocycles. The summed E-state index contributed by atoms with van der Waals surface area (Å²) in [5.41, 5.74) is 2.01. The molecule has 1 aliphatic heterocycles. The van der Waals surface area contributed by atoms with E-state index in [2.05, 4.69) is 15.2 Å². The van der Waals surface area contributed by atoms with E-state index in [0.717, 1.165) is 0 Å². The molecule has 1 saturated heterocycles. The van der Waals surface area contributed by atoms with Crippen LogP contribution >= 0.6 is 7.75 Å². The molecule has 202 valence electrons. The van der Waals surface area contributed by atoms with Gasteiger partial charge in [0.1, 0.15) is 42.4 Å². The first-order chi connectivity index (χ1) is 18.1. The van der Waals surface area contributed by atoms with Crippen molar-refractivity contribution in [3.05, 3.63) is 54.5 Å². The topological polar surface area (TPSA) is 204 Å². The number of nitrogens with two attached hydrogens (primary N) is 1. The molecule has 0 spiro atoms. The third kappa shape index (κ3) is 5.08. The summed E-state index contributed by atoms with van der Waals surface area (Å²) in [5, 5.41) is 39.2. The summed E-state index contributed by atoms with van der Waals surface area (Å²) in [5.74, 6) is -0.429. The number of nitrogens with zero attached hydrogens (tertiary/aromatic N) is 4. The number of fused-ring (bicyclic) bond motifs is 1. The van der Waals surface area contributed by atoms with E-state index in [-0.39, 0.29) is 23.9 Å². The van der Waals surface area contributed by atoms with Crippen LogP contribution < -0.4 is 15.3 Å². The largest absolute Gasteiger partial charge is 0.465 e. The Bertz CT molecular complexity index is 1400. The lowest BCUT2D eigenvalue weighted by Crippen LogP contribution is -2.51. The molecule has 1 unspecified atom stereocenters. The molecule has 15 heteroatoms. The van der Waals surface area contributed by atoms with Crippen molar-refractivity contribution < 1.29 is 38.1 Å². The Morgan fingerprint density at radius 2 is 2.13 bits per heavy atom. The minimum absolute atomic E-state index is 0.0870. The summed E-state index contributed by atoms with van der Waals surface area (Å²) in [6.45, 7) is 1.77. The molecule has 0 aliphatic carbocycles. The fourth-order valence-corrected chi connectivity index (χ4v) is 5.49. The summed E-state index contributed by atoms with van der Waals surface area (Å²) in [6, 6.07) is 11.7. The number of para-hydroxylation sites is 1. The molecular formula is C23H27N6O8P. The van der Waals surface area contributed by atoms with E-state index in [4.69, 9.17) is 24.3 Å². The van der Waals surface area contributed by atoms with Gasteiger partial charge < -0.3 is 29.9 Å². The number of esters is 1. The molecule has 1 aromatic carbocycles. The highest BCUT2D eigenvalue weighted by Gasteiger charge is 2.61. The molecule has 38 heavy (non-hydrogen) atoms. The fraction of sp³-hybridized carbons (Fsp3) is 0.391. The van der Waals surface area contributed by atoms with E-state index in [1.165, 1.54) is 36.0 Å². The monoisotopic (exact) mass is 546 g/mol. The number of ether oxygens (including phenoxy) is 2. The molecule has 5 atom stereocenters. The first-order valence-corrected chi connectivity index (χ1v) is 13.1. The van der Waals surface area contributed by atoms with Crippen LogP contribution in [0.4, 0.5) is 5.82 Å². The smallest absolute Gasteiger partial charge is 0.459 e. The van der Waals surface area contributed by atoms with E-state index in [1.54, 1.807) is 31.2 Å². The molecule has 14 nitrogen and oxygen atoms in total. The van der Waals surface area contributed by atoms with Crippen LogP contribution in [0.1, 0.15) is 19.5 Å². The van der Waals surface area contributed by atoms with Gasteiger partial charge in [0, 0.05) is 0 Å². The molecule has 1 fully saturated rings. The highest BCUT2D eigenvalue weighted by Crippen LogP contribution is 2.48. The predicted octanol–water partition coefficient (Wildman–Crippen LogP) is 0.897. The van der Waals surface area contributed by atoms with E-state index < -0.39 is 50.3 Å². The molecule has 0 amide bonds. The molecule has 3 aromatic rings. The second-order valence-corrected chi connectivity index (χ2v) is 10.2. The highest BCUT2D eigenvalue weighted by atomic mass is 31.2. The van der Waals surface area contributed by atoms with Crippen LogP contribution in [-0.4, -0.2) is 68.3 Å². The van der Waals surface area contributed by atoms with Gasteiger partial charge >= 0.3 is 13.7 Å². The zero-order valence-electron chi connectivity index (χ0n) is 20.6. The lowest BCUT2D eigenvalue weighted by atomic mass is 9.86. The third-order valence-electron chi connectivity index (χ3n) is 5.97. The first-order valence-electron chi connectivity index (χ1n) is 11.6. The predicted molar refractivity (Wildman–Crippen MR) is 131 cm³/mol. The Morgan fingerprint density at radius 3 is 2.82 bits per heavy atom. The summed E-state index contributed by atoms with van der Waals surface area (Å²) in [6.07, 6.45) is -0.715. The molecule has 1 aliphatic rings. The van der Waals surface area contributed by atoms with E-state index in [0.29, 0.717) is 5.52 Å². The molecular weight excluding hydrogens is 519 g/mol. The minimum Gasteiger partial charge on any atom is -0.465 e. The number of anilines is 1. The average Bonchev–Trinajstić information content (AvgIpc) is 3.45. The molecule has 0 saturated carbocycles. The number of aromatic nitrogens is 3. The van der Waals surface area contributed by atoms with E-state index >= 15 is 0 Å². The lowest BCUT2D eigenvalue weighted by Gasteiger charge is -2.31. The maximum absolute atomic E-state index is 13.7. The van der Waals surface area contributed by atoms with Crippen molar-refractivity contribution in [1.29, 1.82) is 5.26 Å². The van der Waals surface area contributed by atoms with Crippen molar-refractivity contribution >= 4 is 25.1 Å². The van der Waals surface area contributed by atoms with Crippen molar-refractivity contribution in [2.75, 3.05) is 25.6 Å². The Balaban J connectivity index is 1.60. The summed E-state index contributed by atoms with van der Waals surface area (Å²) < 4.78 is 36.6. The number of hydrogen-bond donors (Lipinski definition) is 4. The number of carbonyl (C=O) groups is 1. The van der Waals surface area contributed by atoms with Gasteiger partial charge in [-0.1, -0.05) is 18.2 Å². The number of carbonyl (C=O) groups excluding carboxylic acids is 1.